The number of fused-ring (bicyclic) bond motifs is 7. The molecule has 4 nitrogen and oxygen atoms in total. The lowest BCUT2D eigenvalue weighted by atomic mass is 9.33. The van der Waals surface area contributed by atoms with Crippen molar-refractivity contribution in [1.82, 2.24) is 0 Å². The third kappa shape index (κ3) is 2.88. The maximum Gasteiger partial charge on any atom is 0.310 e. The molecule has 0 aliphatic heterocycles. The van der Waals surface area contributed by atoms with Crippen LogP contribution in [0.4, 0.5) is 0 Å². The van der Waals surface area contributed by atoms with Crippen LogP contribution >= 0.6 is 0 Å². The third-order valence-corrected chi connectivity index (χ3v) is 13.1. The van der Waals surface area contributed by atoms with Crippen LogP contribution in [0.2, 0.25) is 0 Å². The number of allylic oxidation sites excluding steroid dienone is 2. The molecule has 5 rings (SSSR count). The maximum atomic E-state index is 12.8. The van der Waals surface area contributed by atoms with Crippen LogP contribution in [0.15, 0.2) is 11.6 Å². The lowest BCUT2D eigenvalue weighted by Crippen LogP contribution is -2.66. The van der Waals surface area contributed by atoms with E-state index in [1.165, 1.54) is 5.57 Å². The van der Waals surface area contributed by atoms with Crippen LogP contribution in [-0.4, -0.2) is 34.0 Å². The fourth-order valence-corrected chi connectivity index (χ4v) is 10.6. The summed E-state index contributed by atoms with van der Waals surface area (Å²) in [6.07, 6.45) is 11.4. The Balaban J connectivity index is 1.62. The van der Waals surface area contributed by atoms with E-state index in [2.05, 4.69) is 47.6 Å². The zero-order valence-electron chi connectivity index (χ0n) is 22.4. The Hall–Kier alpha value is -0.870. The summed E-state index contributed by atoms with van der Waals surface area (Å²) in [5, 5.41) is 32.4. The summed E-state index contributed by atoms with van der Waals surface area (Å²) in [6.45, 7) is 14.2. The van der Waals surface area contributed by atoms with Gasteiger partial charge in [0.25, 0.3) is 0 Å². The number of carboxylic acids is 1. The van der Waals surface area contributed by atoms with Crippen LogP contribution < -0.4 is 0 Å². The summed E-state index contributed by atoms with van der Waals surface area (Å²) in [5.74, 6) is 0.235. The minimum Gasteiger partial charge on any atom is -0.481 e. The van der Waals surface area contributed by atoms with Crippen molar-refractivity contribution >= 4 is 5.97 Å². The molecular weight excluding hydrogens is 424 g/mol. The van der Waals surface area contributed by atoms with Crippen molar-refractivity contribution in [3.05, 3.63) is 11.6 Å². The summed E-state index contributed by atoms with van der Waals surface area (Å²) in [5.41, 5.74) is 0.677. The van der Waals surface area contributed by atoms with Gasteiger partial charge >= 0.3 is 5.97 Å². The molecule has 0 radical (unpaired) electrons. The van der Waals surface area contributed by atoms with Crippen molar-refractivity contribution in [3.63, 3.8) is 0 Å². The van der Waals surface area contributed by atoms with Crippen LogP contribution in [-0.2, 0) is 4.79 Å². The van der Waals surface area contributed by atoms with Crippen molar-refractivity contribution in [1.29, 1.82) is 0 Å². The van der Waals surface area contributed by atoms with E-state index >= 15 is 0 Å². The summed E-state index contributed by atoms with van der Waals surface area (Å²) in [7, 11) is 0. The molecule has 0 aromatic heterocycles. The zero-order valence-corrected chi connectivity index (χ0v) is 22.4. The lowest BCUT2D eigenvalue weighted by molar-refractivity contribution is -0.223. The van der Waals surface area contributed by atoms with Crippen molar-refractivity contribution in [3.8, 4) is 0 Å². The number of hydrogen-bond donors (Lipinski definition) is 3. The third-order valence-electron chi connectivity index (χ3n) is 13.1. The number of aliphatic carboxylic acids is 1. The average Bonchev–Trinajstić information content (AvgIpc) is 2.76. The molecule has 0 aromatic rings. The highest BCUT2D eigenvalue weighted by Crippen LogP contribution is 2.75. The fourth-order valence-electron chi connectivity index (χ4n) is 10.6. The summed E-state index contributed by atoms with van der Waals surface area (Å²) >= 11 is 0. The smallest absolute Gasteiger partial charge is 0.310 e. The first-order chi connectivity index (χ1) is 15.7. The van der Waals surface area contributed by atoms with E-state index < -0.39 is 11.4 Å². The van der Waals surface area contributed by atoms with E-state index in [-0.39, 0.29) is 45.7 Å². The molecule has 8 atom stereocenters. The first-order valence-corrected chi connectivity index (χ1v) is 13.9. The van der Waals surface area contributed by atoms with Crippen molar-refractivity contribution < 1.29 is 20.1 Å². The molecule has 0 saturated heterocycles. The predicted molar refractivity (Wildman–Crippen MR) is 134 cm³/mol. The van der Waals surface area contributed by atoms with Gasteiger partial charge in [0, 0.05) is 12.0 Å². The van der Waals surface area contributed by atoms with Crippen LogP contribution in [0.1, 0.15) is 106 Å². The Kier molecular flexibility index (Phi) is 5.36. The number of carbonyl (C=O) groups is 1. The van der Waals surface area contributed by atoms with Crippen LogP contribution in [0.3, 0.4) is 0 Å². The Morgan fingerprint density at radius 2 is 1.62 bits per heavy atom. The highest BCUT2D eigenvalue weighted by atomic mass is 16.4. The van der Waals surface area contributed by atoms with Crippen molar-refractivity contribution in [2.75, 3.05) is 6.61 Å². The van der Waals surface area contributed by atoms with Gasteiger partial charge in [-0.15, -0.1) is 0 Å². The summed E-state index contributed by atoms with van der Waals surface area (Å²) in [4.78, 5) is 12.8. The molecular formula is C30H48O4. The van der Waals surface area contributed by atoms with Gasteiger partial charge < -0.3 is 15.3 Å². The maximum absolute atomic E-state index is 12.8. The minimum absolute atomic E-state index is 0.0275. The van der Waals surface area contributed by atoms with Crippen molar-refractivity contribution in [2.24, 2.45) is 50.2 Å². The highest BCUT2D eigenvalue weighted by Gasteiger charge is 2.70. The van der Waals surface area contributed by atoms with Gasteiger partial charge in [0.2, 0.25) is 0 Å². The second kappa shape index (κ2) is 7.34. The lowest BCUT2D eigenvalue weighted by Gasteiger charge is -2.71. The molecule has 0 heterocycles. The van der Waals surface area contributed by atoms with Crippen molar-refractivity contribution in [2.45, 2.75) is 112 Å². The van der Waals surface area contributed by atoms with Gasteiger partial charge in [0.15, 0.2) is 0 Å². The number of aliphatic hydroxyl groups excluding tert-OH is 2. The Morgan fingerprint density at radius 1 is 0.941 bits per heavy atom. The molecule has 0 aromatic carbocycles. The summed E-state index contributed by atoms with van der Waals surface area (Å²) < 4.78 is 0. The molecule has 192 valence electrons. The quantitative estimate of drug-likeness (QED) is 0.418. The van der Waals surface area contributed by atoms with E-state index in [0.717, 1.165) is 64.2 Å². The van der Waals surface area contributed by atoms with E-state index in [9.17, 15) is 20.1 Å². The van der Waals surface area contributed by atoms with Crippen LogP contribution in [0.25, 0.3) is 0 Å². The molecule has 5 aliphatic rings. The molecule has 1 unspecified atom stereocenters. The molecule has 34 heavy (non-hydrogen) atoms. The second-order valence-electron chi connectivity index (χ2n) is 14.9. The average molecular weight is 473 g/mol. The van der Waals surface area contributed by atoms with E-state index in [1.807, 2.05) is 0 Å². The van der Waals surface area contributed by atoms with Gasteiger partial charge in [-0.25, -0.2) is 0 Å². The van der Waals surface area contributed by atoms with Gasteiger partial charge in [0.05, 0.1) is 11.5 Å². The largest absolute Gasteiger partial charge is 0.481 e. The number of rotatable bonds is 2. The van der Waals surface area contributed by atoms with E-state index in [4.69, 9.17) is 0 Å². The van der Waals surface area contributed by atoms with Gasteiger partial charge in [-0.2, -0.15) is 0 Å². The van der Waals surface area contributed by atoms with Crippen LogP contribution in [0, 0.1) is 50.2 Å². The number of hydrogen-bond acceptors (Lipinski definition) is 3. The summed E-state index contributed by atoms with van der Waals surface area (Å²) in [6, 6.07) is 0. The molecule has 0 spiro atoms. The standard InChI is InChI=1S/C30H48O4/c1-25(2)13-15-29(24(33)34)16-14-27(5)19(20(29)17-25)7-8-22-28(27,6)11-9-21-26(3,4)23(32)10-12-30(21,22)18-31/h7,20-23,31-32H,8-18H2,1-6H3,(H,33,34)/t20-,21?,22+,23-,27-,28-,29+,30-/m1/s1. The van der Waals surface area contributed by atoms with Gasteiger partial charge in [-0.3, -0.25) is 4.79 Å². The minimum atomic E-state index is -0.604. The number of carboxylic acid groups (broad SMARTS) is 1. The predicted octanol–water partition coefficient (Wildman–Crippen LogP) is 6.21. The van der Waals surface area contributed by atoms with Gasteiger partial charge in [-0.1, -0.05) is 53.2 Å². The molecule has 5 aliphatic carbocycles. The Labute approximate surface area is 206 Å². The molecule has 0 bridgehead atoms. The molecule has 4 saturated carbocycles. The van der Waals surface area contributed by atoms with Gasteiger partial charge in [0.1, 0.15) is 0 Å². The van der Waals surface area contributed by atoms with E-state index in [1.54, 1.807) is 0 Å². The van der Waals surface area contributed by atoms with Crippen LogP contribution in [0.5, 0.6) is 0 Å². The van der Waals surface area contributed by atoms with Gasteiger partial charge in [-0.05, 0) is 104 Å². The monoisotopic (exact) mass is 472 g/mol. The van der Waals surface area contributed by atoms with E-state index in [0.29, 0.717) is 11.8 Å². The number of aliphatic hydroxyl groups is 2. The zero-order chi connectivity index (χ0) is 24.9. The molecule has 4 heteroatoms. The second-order valence-corrected chi connectivity index (χ2v) is 14.9. The first-order valence-electron chi connectivity index (χ1n) is 13.9. The fraction of sp³-hybridized carbons (Fsp3) is 0.900. The first kappa shape index (κ1) is 24.8. The molecule has 4 fully saturated rings. The highest BCUT2D eigenvalue weighted by molar-refractivity contribution is 5.76. The normalized spacial score (nSPS) is 51.2. The Bertz CT molecular complexity index is 903. The SMILES string of the molecule is CC1(C)CC[C@]2(C(=O)O)CC[C@]3(C)C(=CC[C@@H]4[C@@]5(CO)CC[C@@H](O)C(C)(C)C5CC[C@]43C)[C@H]2C1. The molecule has 3 N–H and O–H groups in total. The topological polar surface area (TPSA) is 77.8 Å². The molecule has 0 amide bonds. The Morgan fingerprint density at radius 3 is 2.26 bits per heavy atom.